The van der Waals surface area contributed by atoms with E-state index in [2.05, 4.69) is 13.8 Å². The quantitative estimate of drug-likeness (QED) is 0.799. The Morgan fingerprint density at radius 1 is 1.25 bits per heavy atom. The summed E-state index contributed by atoms with van der Waals surface area (Å²) in [6, 6.07) is 4.07. The summed E-state index contributed by atoms with van der Waals surface area (Å²) in [6.07, 6.45) is -1.35. The van der Waals surface area contributed by atoms with Gasteiger partial charge in [0.2, 0.25) is 0 Å². The van der Waals surface area contributed by atoms with Gasteiger partial charge in [-0.15, -0.1) is 0 Å². The maximum atomic E-state index is 12.7. The molecule has 0 bridgehead atoms. The van der Waals surface area contributed by atoms with E-state index in [4.69, 9.17) is 5.73 Å². The number of hydrogen-bond donors (Lipinski definition) is 1. The lowest BCUT2D eigenvalue weighted by atomic mass is 9.67. The molecule has 1 aromatic carbocycles. The first-order valence-corrected chi connectivity index (χ1v) is 7.03. The molecule has 0 amide bonds. The van der Waals surface area contributed by atoms with Crippen molar-refractivity contribution in [3.05, 3.63) is 34.9 Å². The van der Waals surface area contributed by atoms with Crippen molar-refractivity contribution in [2.75, 3.05) is 0 Å². The fourth-order valence-electron chi connectivity index (χ4n) is 3.22. The zero-order valence-electron chi connectivity index (χ0n) is 12.2. The van der Waals surface area contributed by atoms with Gasteiger partial charge in [0.25, 0.3) is 0 Å². The SMILES string of the molecule is Cc1cc(C(F)(F)F)ccc1C1CC(C)(C)CCC1N. The Kier molecular flexibility index (Phi) is 3.89. The molecule has 4 heteroatoms. The molecule has 1 aliphatic carbocycles. The van der Waals surface area contributed by atoms with Crippen LogP contribution in [0.25, 0.3) is 0 Å². The number of benzene rings is 1. The zero-order valence-corrected chi connectivity index (χ0v) is 12.2. The number of halogens is 3. The maximum absolute atomic E-state index is 12.7. The van der Waals surface area contributed by atoms with Gasteiger partial charge in [0.05, 0.1) is 5.56 Å². The van der Waals surface area contributed by atoms with Crippen LogP contribution in [-0.2, 0) is 6.18 Å². The van der Waals surface area contributed by atoms with Crippen molar-refractivity contribution in [1.29, 1.82) is 0 Å². The van der Waals surface area contributed by atoms with E-state index >= 15 is 0 Å². The van der Waals surface area contributed by atoms with Gasteiger partial charge < -0.3 is 5.73 Å². The maximum Gasteiger partial charge on any atom is 0.416 e. The largest absolute Gasteiger partial charge is 0.416 e. The smallest absolute Gasteiger partial charge is 0.327 e. The van der Waals surface area contributed by atoms with Crippen LogP contribution in [0.1, 0.15) is 55.7 Å². The van der Waals surface area contributed by atoms with Crippen LogP contribution in [0, 0.1) is 12.3 Å². The first-order chi connectivity index (χ1) is 9.10. The minimum absolute atomic E-state index is 0.0402. The lowest BCUT2D eigenvalue weighted by Crippen LogP contribution is -2.38. The monoisotopic (exact) mass is 285 g/mol. The molecule has 2 unspecified atom stereocenters. The fourth-order valence-corrected chi connectivity index (χ4v) is 3.22. The minimum atomic E-state index is -4.28. The molecule has 0 saturated heterocycles. The Labute approximate surface area is 118 Å². The Morgan fingerprint density at radius 3 is 2.45 bits per heavy atom. The molecule has 20 heavy (non-hydrogen) atoms. The highest BCUT2D eigenvalue weighted by Crippen LogP contribution is 2.44. The van der Waals surface area contributed by atoms with Gasteiger partial charge in [0.15, 0.2) is 0 Å². The number of alkyl halides is 3. The second-order valence-electron chi connectivity index (χ2n) is 6.75. The third-order valence-electron chi connectivity index (χ3n) is 4.44. The Morgan fingerprint density at radius 2 is 1.90 bits per heavy atom. The summed E-state index contributed by atoms with van der Waals surface area (Å²) in [5.74, 6) is 0.154. The highest BCUT2D eigenvalue weighted by molar-refractivity contribution is 5.36. The highest BCUT2D eigenvalue weighted by atomic mass is 19.4. The van der Waals surface area contributed by atoms with E-state index in [0.29, 0.717) is 5.56 Å². The molecular formula is C16H22F3N. The van der Waals surface area contributed by atoms with E-state index in [1.807, 2.05) is 0 Å². The molecule has 2 atom stereocenters. The van der Waals surface area contributed by atoms with Gasteiger partial charge in [0.1, 0.15) is 0 Å². The Bertz CT molecular complexity index is 491. The predicted octanol–water partition coefficient (Wildman–Crippen LogP) is 4.63. The summed E-state index contributed by atoms with van der Waals surface area (Å²) in [5.41, 5.74) is 7.49. The lowest BCUT2D eigenvalue weighted by Gasteiger charge is -2.40. The normalized spacial score (nSPS) is 26.6. The van der Waals surface area contributed by atoms with Crippen LogP contribution in [0.15, 0.2) is 18.2 Å². The van der Waals surface area contributed by atoms with E-state index in [1.165, 1.54) is 12.1 Å². The van der Waals surface area contributed by atoms with Crippen molar-refractivity contribution < 1.29 is 13.2 Å². The molecule has 2 N–H and O–H groups in total. The van der Waals surface area contributed by atoms with Crippen molar-refractivity contribution in [1.82, 2.24) is 0 Å². The van der Waals surface area contributed by atoms with E-state index in [1.54, 1.807) is 13.0 Å². The summed E-state index contributed by atoms with van der Waals surface area (Å²) in [4.78, 5) is 0. The molecule has 2 rings (SSSR count). The summed E-state index contributed by atoms with van der Waals surface area (Å²) in [6.45, 7) is 6.15. The molecule has 112 valence electrons. The second-order valence-corrected chi connectivity index (χ2v) is 6.75. The number of nitrogens with two attached hydrogens (primary N) is 1. The number of aryl methyl sites for hydroxylation is 1. The van der Waals surface area contributed by atoms with Gasteiger partial charge in [0, 0.05) is 6.04 Å². The van der Waals surface area contributed by atoms with E-state index in [0.717, 1.165) is 24.8 Å². The van der Waals surface area contributed by atoms with Crippen molar-refractivity contribution in [3.8, 4) is 0 Å². The summed E-state index contributed by atoms with van der Waals surface area (Å²) in [7, 11) is 0. The van der Waals surface area contributed by atoms with Gasteiger partial charge in [-0.25, -0.2) is 0 Å². The standard InChI is InChI=1S/C16H22F3N/c1-10-8-11(16(17,18)19)4-5-12(10)13-9-15(2,3)7-6-14(13)20/h4-5,8,13-14H,6-7,9,20H2,1-3H3. The number of hydrogen-bond acceptors (Lipinski definition) is 1. The van der Waals surface area contributed by atoms with Crippen LogP contribution in [0.3, 0.4) is 0 Å². The van der Waals surface area contributed by atoms with Gasteiger partial charge in [-0.05, 0) is 60.8 Å². The minimum Gasteiger partial charge on any atom is -0.327 e. The molecule has 0 heterocycles. The van der Waals surface area contributed by atoms with Crippen LogP contribution >= 0.6 is 0 Å². The molecule has 1 nitrogen and oxygen atoms in total. The van der Waals surface area contributed by atoms with Crippen molar-refractivity contribution in [2.45, 2.75) is 58.2 Å². The zero-order chi connectivity index (χ0) is 15.1. The van der Waals surface area contributed by atoms with Crippen molar-refractivity contribution in [3.63, 3.8) is 0 Å². The Hall–Kier alpha value is -1.03. The van der Waals surface area contributed by atoms with Gasteiger partial charge >= 0.3 is 6.18 Å². The third-order valence-corrected chi connectivity index (χ3v) is 4.44. The summed E-state index contributed by atoms with van der Waals surface area (Å²) < 4.78 is 38.2. The molecule has 0 spiro atoms. The van der Waals surface area contributed by atoms with E-state index in [9.17, 15) is 13.2 Å². The van der Waals surface area contributed by atoms with Crippen LogP contribution < -0.4 is 5.73 Å². The molecular weight excluding hydrogens is 263 g/mol. The molecule has 1 saturated carbocycles. The van der Waals surface area contributed by atoms with Crippen molar-refractivity contribution >= 4 is 0 Å². The lowest BCUT2D eigenvalue weighted by molar-refractivity contribution is -0.137. The third kappa shape index (κ3) is 3.17. The topological polar surface area (TPSA) is 26.0 Å². The molecule has 0 radical (unpaired) electrons. The highest BCUT2D eigenvalue weighted by Gasteiger charge is 2.36. The number of rotatable bonds is 1. The predicted molar refractivity (Wildman–Crippen MR) is 74.5 cm³/mol. The summed E-state index contributed by atoms with van der Waals surface area (Å²) >= 11 is 0. The fraction of sp³-hybridized carbons (Fsp3) is 0.625. The molecule has 1 fully saturated rings. The van der Waals surface area contributed by atoms with E-state index < -0.39 is 11.7 Å². The van der Waals surface area contributed by atoms with Crippen LogP contribution in [0.2, 0.25) is 0 Å². The molecule has 0 aromatic heterocycles. The Balaban J connectivity index is 2.33. The first-order valence-electron chi connectivity index (χ1n) is 7.03. The molecule has 1 aromatic rings. The van der Waals surface area contributed by atoms with Gasteiger partial charge in [-0.3, -0.25) is 0 Å². The van der Waals surface area contributed by atoms with Gasteiger partial charge in [-0.2, -0.15) is 13.2 Å². The first kappa shape index (κ1) is 15.4. The van der Waals surface area contributed by atoms with Crippen LogP contribution in [-0.4, -0.2) is 6.04 Å². The second kappa shape index (κ2) is 5.06. The van der Waals surface area contributed by atoms with Crippen LogP contribution in [0.4, 0.5) is 13.2 Å². The average Bonchev–Trinajstić information content (AvgIpc) is 2.31. The summed E-state index contributed by atoms with van der Waals surface area (Å²) in [5, 5.41) is 0. The average molecular weight is 285 g/mol. The van der Waals surface area contributed by atoms with Crippen molar-refractivity contribution in [2.24, 2.45) is 11.1 Å². The van der Waals surface area contributed by atoms with E-state index in [-0.39, 0.29) is 17.4 Å². The van der Waals surface area contributed by atoms with Crippen LogP contribution in [0.5, 0.6) is 0 Å². The van der Waals surface area contributed by atoms with Gasteiger partial charge in [-0.1, -0.05) is 19.9 Å². The molecule has 1 aliphatic rings. The molecule has 0 aliphatic heterocycles.